The van der Waals surface area contributed by atoms with Crippen molar-refractivity contribution in [2.45, 2.75) is 236 Å². The van der Waals surface area contributed by atoms with E-state index in [9.17, 15) is 117 Å². The molecule has 23 N–H and O–H groups in total. The average molecular weight is 1280 g/mol. The third kappa shape index (κ3) is 15.6. The number of aliphatic hydroxyl groups is 20. The molecule has 0 spiro atoms. The zero-order valence-electron chi connectivity index (χ0n) is 46.6. The van der Waals surface area contributed by atoms with E-state index in [0.717, 1.165) is 20.8 Å². The van der Waals surface area contributed by atoms with Crippen molar-refractivity contribution in [1.29, 1.82) is 0 Å². The van der Waals surface area contributed by atoms with Gasteiger partial charge in [-0.15, -0.1) is 0 Å². The minimum Gasteiger partial charge on any atom is -0.394 e. The summed E-state index contributed by atoms with van der Waals surface area (Å²) in [6.45, 7) is -4.27. The molecule has 0 saturated carbocycles. The molecule has 7 fully saturated rings. The van der Waals surface area contributed by atoms with E-state index >= 15 is 0 Å². The van der Waals surface area contributed by atoms with Crippen LogP contribution in [-0.4, -0.2) is 381 Å². The molecule has 0 aromatic carbocycles. The Hall–Kier alpha value is -2.91. The number of carbonyl (C=O) groups is 3. The molecule has 39 nitrogen and oxygen atoms in total. The van der Waals surface area contributed by atoms with Gasteiger partial charge in [0.15, 0.2) is 44.0 Å². The maximum absolute atomic E-state index is 13.0. The van der Waals surface area contributed by atoms with Crippen molar-refractivity contribution >= 4 is 17.7 Å². The molecule has 504 valence electrons. The molecule has 7 rings (SSSR count). The molecule has 3 amide bonds. The van der Waals surface area contributed by atoms with Gasteiger partial charge in [0.2, 0.25) is 17.7 Å². The fraction of sp³-hybridized carbons (Fsp3) is 0.938. The van der Waals surface area contributed by atoms with E-state index in [1.165, 1.54) is 0 Å². The normalized spacial score (nSPS) is 48.9. The highest BCUT2D eigenvalue weighted by Gasteiger charge is 2.60. The van der Waals surface area contributed by atoms with Gasteiger partial charge in [-0.05, 0) is 0 Å². The zero-order chi connectivity index (χ0) is 64.2. The van der Waals surface area contributed by atoms with Crippen LogP contribution in [0.4, 0.5) is 0 Å². The summed E-state index contributed by atoms with van der Waals surface area (Å²) in [5.41, 5.74) is 0. The maximum Gasteiger partial charge on any atom is 0.217 e. The summed E-state index contributed by atoms with van der Waals surface area (Å²) in [6.07, 6.45) is -63.6. The van der Waals surface area contributed by atoms with Gasteiger partial charge in [-0.3, -0.25) is 14.4 Å². The van der Waals surface area contributed by atoms with Crippen molar-refractivity contribution in [3.8, 4) is 0 Å². The molecule has 87 heavy (non-hydrogen) atoms. The van der Waals surface area contributed by atoms with Crippen molar-refractivity contribution in [2.24, 2.45) is 0 Å². The Labute approximate surface area is 492 Å². The lowest BCUT2D eigenvalue weighted by atomic mass is 9.93. The Balaban J connectivity index is 1.17. The van der Waals surface area contributed by atoms with Crippen molar-refractivity contribution in [1.82, 2.24) is 16.0 Å². The van der Waals surface area contributed by atoms with Crippen molar-refractivity contribution in [3.63, 3.8) is 0 Å². The minimum atomic E-state index is -2.34. The highest BCUT2D eigenvalue weighted by atomic mass is 16.8. The molecular weight excluding hydrogens is 1190 g/mol. The molecule has 7 aliphatic rings. The quantitative estimate of drug-likeness (QED) is 0.0479. The van der Waals surface area contributed by atoms with Gasteiger partial charge in [0.05, 0.1) is 46.2 Å². The van der Waals surface area contributed by atoms with Crippen LogP contribution >= 0.6 is 0 Å². The Morgan fingerprint density at radius 2 is 0.540 bits per heavy atom. The SMILES string of the molecule is CC(=O)N[C@H]1[C@H](O[C@@H]2[C@@H](O)[C@H](O[C@H]3[C@H](O)[C@@H](O)C(O)O[C@@H]3CO)O[C@H](CO)[C@@H]2O[C@@H]2O[C@H](CO)[C@H](O)[C@H](O)[C@H]2NC(C)=O)O[C@H](CO)[C@@H](O[C@@H]2O[C@H](CO)[C@H](O)[C@H](O[C@H]3O[C@H](CO)[C@H](O)[C@H](O[C@@H]4O[C@H](CO)[C@H](O)[C@H](O)[C@H]4NC(C)=O)[C@H]3O)[C@H]2O)[C@@H]1O. The van der Waals surface area contributed by atoms with Crippen LogP contribution in [0.3, 0.4) is 0 Å². The van der Waals surface area contributed by atoms with Gasteiger partial charge in [0.1, 0.15) is 171 Å². The average Bonchev–Trinajstić information content (AvgIpc) is 1.39. The molecule has 0 aromatic heterocycles. The number of rotatable bonds is 22. The number of aliphatic hydroxyl groups excluding tert-OH is 20. The van der Waals surface area contributed by atoms with Gasteiger partial charge >= 0.3 is 0 Å². The summed E-state index contributed by atoms with van der Waals surface area (Å²) in [4.78, 5) is 37.5. The predicted molar refractivity (Wildman–Crippen MR) is 267 cm³/mol. The van der Waals surface area contributed by atoms with E-state index in [4.69, 9.17) is 61.6 Å². The summed E-state index contributed by atoms with van der Waals surface area (Å²) in [5.74, 6) is -2.54. The van der Waals surface area contributed by atoms with Gasteiger partial charge in [0.25, 0.3) is 0 Å². The van der Waals surface area contributed by atoms with Crippen molar-refractivity contribution in [3.05, 3.63) is 0 Å². The van der Waals surface area contributed by atoms with E-state index in [2.05, 4.69) is 16.0 Å². The summed E-state index contributed by atoms with van der Waals surface area (Å²) < 4.78 is 75.6. The molecule has 0 aromatic rings. The van der Waals surface area contributed by atoms with Gasteiger partial charge in [-0.2, -0.15) is 0 Å². The van der Waals surface area contributed by atoms with E-state index in [0.29, 0.717) is 0 Å². The smallest absolute Gasteiger partial charge is 0.217 e. The Bertz CT molecular complexity index is 2190. The predicted octanol–water partition coefficient (Wildman–Crippen LogP) is -15.8. The van der Waals surface area contributed by atoms with Crippen LogP contribution in [0.25, 0.3) is 0 Å². The number of hydrogen-bond acceptors (Lipinski definition) is 36. The van der Waals surface area contributed by atoms with Crippen LogP contribution in [-0.2, 0) is 76.0 Å². The van der Waals surface area contributed by atoms with Gasteiger partial charge < -0.3 is 180 Å². The zero-order valence-corrected chi connectivity index (χ0v) is 46.6. The van der Waals surface area contributed by atoms with Crippen LogP contribution in [0.1, 0.15) is 20.8 Å². The third-order valence-electron chi connectivity index (χ3n) is 15.7. The molecule has 7 heterocycles. The third-order valence-corrected chi connectivity index (χ3v) is 15.7. The topological polar surface area (TPSA) is 612 Å². The summed E-state index contributed by atoms with van der Waals surface area (Å²) in [7, 11) is 0. The molecular formula is C48H81N3O36. The van der Waals surface area contributed by atoms with E-state index < -0.39 is 279 Å². The summed E-state index contributed by atoms with van der Waals surface area (Å²) in [6, 6.07) is -5.28. The fourth-order valence-electron chi connectivity index (χ4n) is 11.2. The fourth-order valence-corrected chi connectivity index (χ4v) is 11.2. The van der Waals surface area contributed by atoms with Crippen molar-refractivity contribution in [2.75, 3.05) is 46.2 Å². The highest BCUT2D eigenvalue weighted by Crippen LogP contribution is 2.39. The van der Waals surface area contributed by atoms with Crippen LogP contribution in [0.2, 0.25) is 0 Å². The van der Waals surface area contributed by atoms with Gasteiger partial charge in [-0.1, -0.05) is 0 Å². The first-order valence-corrected chi connectivity index (χ1v) is 27.6. The Morgan fingerprint density at radius 1 is 0.276 bits per heavy atom. The number of ether oxygens (including phenoxy) is 13. The molecule has 7 aliphatic heterocycles. The number of nitrogens with one attached hydrogen (secondary N) is 3. The lowest BCUT2D eigenvalue weighted by Crippen LogP contribution is -2.71. The van der Waals surface area contributed by atoms with E-state index in [1.54, 1.807) is 0 Å². The second-order valence-electron chi connectivity index (χ2n) is 21.8. The molecule has 0 aliphatic carbocycles. The molecule has 39 heteroatoms. The van der Waals surface area contributed by atoms with E-state index in [1.807, 2.05) is 0 Å². The Kier molecular flexibility index (Phi) is 25.6. The van der Waals surface area contributed by atoms with Gasteiger partial charge in [-0.25, -0.2) is 0 Å². The first-order chi connectivity index (χ1) is 41.2. The standard InChI is InChI=1S/C48H81N3O36/c1-11(59)49-21-28(66)24(62)14(4-52)76-43(21)84-38-20(10-58)81-48(83-37-18(8-56)75-42(74)32(70)31(37)69)35(73)41(38)87-45-23(51-13(3)61)30(68)36(19(9-57)80-45)82-46-34(72)40(27(65)17(7-55)78-46)86-47-33(71)39(26(64)16(6-54)79-47)85-44-22(50-12(2)60)29(67)25(63)15(5-53)77-44/h14-48,52-58,62-74H,4-10H2,1-3H3,(H,49,59)(H,50,60)(H,51,61)/t14-,15-,16-,17-,18-,19-,20-,21-,22-,23-,24+,25+,26+,27+,28-,29-,30-,31-,32-,33-,34-,35-,36-,37-,38+,39+,40+,41-,42?,43+,44+,45+,46+,47-,48+/m1/s1. The first-order valence-electron chi connectivity index (χ1n) is 27.6. The lowest BCUT2D eigenvalue weighted by Gasteiger charge is -2.51. The van der Waals surface area contributed by atoms with Crippen LogP contribution in [0.15, 0.2) is 0 Å². The van der Waals surface area contributed by atoms with Crippen LogP contribution in [0, 0.1) is 0 Å². The molecule has 0 bridgehead atoms. The molecule has 7 saturated heterocycles. The largest absolute Gasteiger partial charge is 0.394 e. The molecule has 35 atom stereocenters. The first kappa shape index (κ1) is 71.5. The number of carbonyl (C=O) groups excluding carboxylic acids is 3. The minimum absolute atomic E-state index is 0.776. The number of hydrogen-bond donors (Lipinski definition) is 23. The summed E-state index contributed by atoms with van der Waals surface area (Å²) >= 11 is 0. The Morgan fingerprint density at radius 3 is 0.931 bits per heavy atom. The second-order valence-corrected chi connectivity index (χ2v) is 21.8. The lowest BCUT2D eigenvalue weighted by molar-refractivity contribution is -0.397. The summed E-state index contributed by atoms with van der Waals surface area (Å²) in [5, 5.41) is 225. The second kappa shape index (κ2) is 31.1. The molecule has 1 unspecified atom stereocenters. The van der Waals surface area contributed by atoms with Crippen LogP contribution < -0.4 is 16.0 Å². The molecule has 0 radical (unpaired) electrons. The van der Waals surface area contributed by atoms with Crippen molar-refractivity contribution < 1.29 is 178 Å². The maximum atomic E-state index is 13.0. The van der Waals surface area contributed by atoms with E-state index in [-0.39, 0.29) is 0 Å². The van der Waals surface area contributed by atoms with Crippen LogP contribution in [0.5, 0.6) is 0 Å². The number of amides is 3. The van der Waals surface area contributed by atoms with Gasteiger partial charge in [0, 0.05) is 20.8 Å². The highest BCUT2D eigenvalue weighted by molar-refractivity contribution is 5.74. The monoisotopic (exact) mass is 1280 g/mol.